The third-order valence-corrected chi connectivity index (χ3v) is 4.10. The van der Waals surface area contributed by atoms with Gasteiger partial charge in [0.15, 0.2) is 0 Å². The van der Waals surface area contributed by atoms with Crippen LogP contribution in [-0.2, 0) is 0 Å². The van der Waals surface area contributed by atoms with E-state index in [4.69, 9.17) is 0 Å². The highest BCUT2D eigenvalue weighted by Crippen LogP contribution is 2.27. The molecule has 0 aromatic heterocycles. The first kappa shape index (κ1) is 14.4. The molecular formula is C16H25NO2. The second-order valence-electron chi connectivity index (χ2n) is 5.76. The predicted molar refractivity (Wildman–Crippen MR) is 77.3 cm³/mol. The van der Waals surface area contributed by atoms with Crippen molar-refractivity contribution in [3.05, 3.63) is 29.3 Å². The van der Waals surface area contributed by atoms with E-state index < -0.39 is 0 Å². The Kier molecular flexibility index (Phi) is 4.83. The Morgan fingerprint density at radius 2 is 1.95 bits per heavy atom. The minimum absolute atomic E-state index is 0.0540. The van der Waals surface area contributed by atoms with Gasteiger partial charge in [0.25, 0.3) is 0 Å². The molecule has 106 valence electrons. The Morgan fingerprint density at radius 1 is 1.21 bits per heavy atom. The van der Waals surface area contributed by atoms with Crippen molar-refractivity contribution in [2.75, 3.05) is 0 Å². The molecule has 0 aliphatic heterocycles. The van der Waals surface area contributed by atoms with Crippen LogP contribution in [0.3, 0.4) is 0 Å². The zero-order valence-electron chi connectivity index (χ0n) is 11.9. The molecule has 1 aromatic rings. The smallest absolute Gasteiger partial charge is 0.120 e. The quantitative estimate of drug-likeness (QED) is 0.735. The maximum Gasteiger partial charge on any atom is 0.120 e. The van der Waals surface area contributed by atoms with Crippen LogP contribution in [0, 0.1) is 6.92 Å². The number of hydrogen-bond acceptors (Lipinski definition) is 3. The van der Waals surface area contributed by atoms with Crippen LogP contribution in [0.15, 0.2) is 18.2 Å². The van der Waals surface area contributed by atoms with Crippen molar-refractivity contribution in [3.63, 3.8) is 0 Å². The van der Waals surface area contributed by atoms with E-state index in [2.05, 4.69) is 5.32 Å². The van der Waals surface area contributed by atoms with Crippen LogP contribution in [0.4, 0.5) is 0 Å². The van der Waals surface area contributed by atoms with Gasteiger partial charge in [0, 0.05) is 17.6 Å². The summed E-state index contributed by atoms with van der Waals surface area (Å²) in [6.07, 6.45) is 5.12. The fraction of sp³-hybridized carbons (Fsp3) is 0.625. The van der Waals surface area contributed by atoms with Gasteiger partial charge in [-0.1, -0.05) is 31.4 Å². The minimum atomic E-state index is -0.266. The van der Waals surface area contributed by atoms with E-state index in [1.54, 1.807) is 6.07 Å². The summed E-state index contributed by atoms with van der Waals surface area (Å²) in [5, 5.41) is 23.6. The molecule has 0 amide bonds. The van der Waals surface area contributed by atoms with Crippen LogP contribution in [-0.4, -0.2) is 22.4 Å². The Hall–Kier alpha value is -1.06. The van der Waals surface area contributed by atoms with Gasteiger partial charge in [0.1, 0.15) is 5.75 Å². The molecule has 0 bridgehead atoms. The molecule has 0 saturated heterocycles. The van der Waals surface area contributed by atoms with E-state index in [0.717, 1.165) is 30.4 Å². The number of nitrogens with one attached hydrogen (secondary N) is 1. The Bertz CT molecular complexity index is 419. The van der Waals surface area contributed by atoms with E-state index in [-0.39, 0.29) is 18.2 Å². The van der Waals surface area contributed by atoms with Crippen molar-refractivity contribution in [1.29, 1.82) is 0 Å². The average molecular weight is 263 g/mol. The number of benzene rings is 1. The summed E-state index contributed by atoms with van der Waals surface area (Å²) in [6, 6.07) is 5.95. The van der Waals surface area contributed by atoms with Gasteiger partial charge in [-0.2, -0.15) is 0 Å². The topological polar surface area (TPSA) is 52.5 Å². The molecule has 0 radical (unpaired) electrons. The molecule has 1 aliphatic rings. The van der Waals surface area contributed by atoms with Gasteiger partial charge < -0.3 is 15.5 Å². The Balaban J connectivity index is 2.04. The lowest BCUT2D eigenvalue weighted by atomic mass is 10.0. The molecule has 1 fully saturated rings. The van der Waals surface area contributed by atoms with Crippen LogP contribution in [0.2, 0.25) is 0 Å². The lowest BCUT2D eigenvalue weighted by Gasteiger charge is -2.26. The van der Waals surface area contributed by atoms with Crippen LogP contribution in [0.25, 0.3) is 0 Å². The first-order chi connectivity index (χ1) is 9.08. The highest BCUT2D eigenvalue weighted by Gasteiger charge is 2.23. The number of aliphatic hydroxyl groups is 1. The van der Waals surface area contributed by atoms with E-state index in [1.165, 1.54) is 12.8 Å². The molecule has 1 saturated carbocycles. The highest BCUT2D eigenvalue weighted by molar-refractivity contribution is 5.37. The second kappa shape index (κ2) is 6.40. The fourth-order valence-corrected chi connectivity index (χ4v) is 2.91. The normalized spacial score (nSPS) is 25.8. The maximum absolute atomic E-state index is 10.1. The van der Waals surface area contributed by atoms with Gasteiger partial charge in [-0.25, -0.2) is 0 Å². The number of rotatable bonds is 3. The Labute approximate surface area is 115 Å². The molecule has 3 heteroatoms. The number of phenolic OH excluding ortho intramolecular Hbond substituents is 1. The summed E-state index contributed by atoms with van der Waals surface area (Å²) in [5.74, 6) is 0.336. The van der Waals surface area contributed by atoms with Crippen molar-refractivity contribution in [2.45, 2.75) is 64.1 Å². The number of aromatic hydroxyl groups is 1. The van der Waals surface area contributed by atoms with Crippen LogP contribution in [0.5, 0.6) is 5.75 Å². The molecule has 0 heterocycles. The summed E-state index contributed by atoms with van der Waals surface area (Å²) >= 11 is 0. The van der Waals surface area contributed by atoms with Crippen molar-refractivity contribution < 1.29 is 10.2 Å². The van der Waals surface area contributed by atoms with Gasteiger partial charge in [-0.15, -0.1) is 0 Å². The van der Waals surface area contributed by atoms with Crippen LogP contribution in [0.1, 0.15) is 56.2 Å². The monoisotopic (exact) mass is 263 g/mol. The largest absolute Gasteiger partial charge is 0.508 e. The second-order valence-corrected chi connectivity index (χ2v) is 5.76. The minimum Gasteiger partial charge on any atom is -0.508 e. The van der Waals surface area contributed by atoms with Gasteiger partial charge in [0.2, 0.25) is 0 Å². The Morgan fingerprint density at radius 3 is 2.68 bits per heavy atom. The molecule has 19 heavy (non-hydrogen) atoms. The highest BCUT2D eigenvalue weighted by atomic mass is 16.3. The molecule has 1 aromatic carbocycles. The number of hydrogen-bond donors (Lipinski definition) is 3. The van der Waals surface area contributed by atoms with Gasteiger partial charge in [-0.05, 0) is 38.3 Å². The van der Waals surface area contributed by atoms with Gasteiger partial charge in [-0.3, -0.25) is 0 Å². The van der Waals surface area contributed by atoms with Crippen molar-refractivity contribution in [2.24, 2.45) is 0 Å². The number of phenols is 1. The molecule has 3 unspecified atom stereocenters. The third kappa shape index (κ3) is 3.71. The molecule has 2 rings (SSSR count). The zero-order chi connectivity index (χ0) is 13.8. The lowest BCUT2D eigenvalue weighted by molar-refractivity contribution is 0.114. The van der Waals surface area contributed by atoms with Crippen molar-refractivity contribution in [3.8, 4) is 5.75 Å². The van der Waals surface area contributed by atoms with E-state index >= 15 is 0 Å². The molecule has 1 aliphatic carbocycles. The van der Waals surface area contributed by atoms with E-state index in [1.807, 2.05) is 26.0 Å². The standard InChI is InChI=1S/C16H25NO2/c1-11-8-9-13(16(19)10-11)12(2)17-14-6-4-3-5-7-15(14)18/h8-10,12,14-15,17-19H,3-7H2,1-2H3. The van der Waals surface area contributed by atoms with E-state index in [0.29, 0.717) is 5.75 Å². The van der Waals surface area contributed by atoms with Crippen LogP contribution < -0.4 is 5.32 Å². The summed E-state index contributed by atoms with van der Waals surface area (Å²) in [7, 11) is 0. The third-order valence-electron chi connectivity index (χ3n) is 4.10. The predicted octanol–water partition coefficient (Wildman–Crippen LogP) is 3.04. The molecule has 3 nitrogen and oxygen atoms in total. The molecular weight excluding hydrogens is 238 g/mol. The van der Waals surface area contributed by atoms with Crippen molar-refractivity contribution in [1.82, 2.24) is 5.32 Å². The summed E-state index contributed by atoms with van der Waals surface area (Å²) < 4.78 is 0. The first-order valence-corrected chi connectivity index (χ1v) is 7.31. The van der Waals surface area contributed by atoms with E-state index in [9.17, 15) is 10.2 Å². The lowest BCUT2D eigenvalue weighted by Crippen LogP contribution is -2.40. The maximum atomic E-state index is 10.1. The number of aliphatic hydroxyl groups excluding tert-OH is 1. The molecule has 3 atom stereocenters. The zero-order valence-corrected chi connectivity index (χ0v) is 11.9. The average Bonchev–Trinajstić information content (AvgIpc) is 2.55. The van der Waals surface area contributed by atoms with Gasteiger partial charge >= 0.3 is 0 Å². The fourth-order valence-electron chi connectivity index (χ4n) is 2.91. The summed E-state index contributed by atoms with van der Waals surface area (Å²) in [4.78, 5) is 0. The molecule has 0 spiro atoms. The summed E-state index contributed by atoms with van der Waals surface area (Å²) in [6.45, 7) is 4.01. The van der Waals surface area contributed by atoms with Crippen molar-refractivity contribution >= 4 is 0 Å². The SMILES string of the molecule is Cc1ccc(C(C)NC2CCCCCC2O)c(O)c1. The van der Waals surface area contributed by atoms with Gasteiger partial charge in [0.05, 0.1) is 6.10 Å². The summed E-state index contributed by atoms with van der Waals surface area (Å²) in [5.41, 5.74) is 1.96. The van der Waals surface area contributed by atoms with Crippen LogP contribution >= 0.6 is 0 Å². The first-order valence-electron chi connectivity index (χ1n) is 7.31. The number of aryl methyl sites for hydroxylation is 1. The molecule has 3 N–H and O–H groups in total.